The van der Waals surface area contributed by atoms with Crippen LogP contribution >= 0.6 is 0 Å². The van der Waals surface area contributed by atoms with E-state index in [2.05, 4.69) is 36.3 Å². The van der Waals surface area contributed by atoms with Crippen molar-refractivity contribution in [1.29, 1.82) is 0 Å². The first-order chi connectivity index (χ1) is 11.6. The second kappa shape index (κ2) is 10.2. The highest BCUT2D eigenvalue weighted by atomic mass is 16.3. The van der Waals surface area contributed by atoms with Crippen LogP contribution in [0.15, 0.2) is 4.99 Å². The molecule has 1 saturated heterocycles. The molecule has 0 aromatic carbocycles. The van der Waals surface area contributed by atoms with Crippen molar-refractivity contribution in [2.24, 2.45) is 16.8 Å². The molecule has 5 heteroatoms. The lowest BCUT2D eigenvalue weighted by Gasteiger charge is -2.33. The molecular weight excluding hydrogens is 300 g/mol. The van der Waals surface area contributed by atoms with Crippen LogP contribution in [0.25, 0.3) is 0 Å². The minimum atomic E-state index is 0.260. The largest absolute Gasteiger partial charge is 0.396 e. The molecule has 3 N–H and O–H groups in total. The van der Waals surface area contributed by atoms with Gasteiger partial charge in [-0.1, -0.05) is 13.8 Å². The lowest BCUT2D eigenvalue weighted by Crippen LogP contribution is -2.49. The van der Waals surface area contributed by atoms with Crippen LogP contribution < -0.4 is 10.6 Å². The third kappa shape index (κ3) is 6.98. The van der Waals surface area contributed by atoms with E-state index in [-0.39, 0.29) is 6.61 Å². The molecule has 0 aromatic heterocycles. The molecule has 0 aromatic rings. The molecule has 0 radical (unpaired) electrons. The Bertz CT molecular complexity index is 374. The predicted molar refractivity (Wildman–Crippen MR) is 101 cm³/mol. The second-order valence-electron chi connectivity index (χ2n) is 7.91. The third-order valence-corrected chi connectivity index (χ3v) is 5.13. The minimum absolute atomic E-state index is 0.260. The molecule has 5 nitrogen and oxygen atoms in total. The zero-order chi connectivity index (χ0) is 17.4. The average Bonchev–Trinajstić information content (AvgIpc) is 3.38. The smallest absolute Gasteiger partial charge is 0.191 e. The van der Waals surface area contributed by atoms with E-state index in [1.165, 1.54) is 38.8 Å². The van der Waals surface area contributed by atoms with E-state index in [1.807, 2.05) is 0 Å². The number of nitrogens with one attached hydrogen (secondary N) is 2. The number of aliphatic hydroxyl groups is 1. The lowest BCUT2D eigenvalue weighted by atomic mass is 9.94. The Hall–Kier alpha value is -0.810. The summed E-state index contributed by atoms with van der Waals surface area (Å²) < 4.78 is 0. The van der Waals surface area contributed by atoms with Crippen molar-refractivity contribution in [3.05, 3.63) is 0 Å². The number of aliphatic hydroxyl groups excluding tert-OH is 1. The fraction of sp³-hybridized carbons (Fsp3) is 0.947. The molecule has 1 heterocycles. The van der Waals surface area contributed by atoms with E-state index in [9.17, 15) is 5.11 Å². The van der Waals surface area contributed by atoms with Crippen LogP contribution in [0.3, 0.4) is 0 Å². The number of likely N-dealkylation sites (tertiary alicyclic amines) is 1. The molecule has 1 saturated carbocycles. The van der Waals surface area contributed by atoms with Crippen LogP contribution in [-0.4, -0.2) is 60.8 Å². The summed E-state index contributed by atoms with van der Waals surface area (Å²) in [5.41, 5.74) is 0. The van der Waals surface area contributed by atoms with Gasteiger partial charge in [0.2, 0.25) is 0 Å². The number of hydrogen-bond donors (Lipinski definition) is 3. The second-order valence-corrected chi connectivity index (χ2v) is 7.91. The molecule has 2 rings (SSSR count). The fourth-order valence-corrected chi connectivity index (χ4v) is 3.72. The highest BCUT2D eigenvalue weighted by molar-refractivity contribution is 5.80. The summed E-state index contributed by atoms with van der Waals surface area (Å²) in [5.74, 6) is 2.08. The van der Waals surface area contributed by atoms with Crippen LogP contribution in [0.5, 0.6) is 0 Å². The predicted octanol–water partition coefficient (Wildman–Crippen LogP) is 2.21. The zero-order valence-electron chi connectivity index (χ0n) is 15.9. The molecule has 2 fully saturated rings. The Kier molecular flexibility index (Phi) is 8.33. The van der Waals surface area contributed by atoms with Crippen LogP contribution in [0, 0.1) is 11.8 Å². The Morgan fingerprint density at radius 2 is 1.92 bits per heavy atom. The number of nitrogens with zero attached hydrogens (tertiary/aromatic N) is 2. The summed E-state index contributed by atoms with van der Waals surface area (Å²) in [6.45, 7) is 11.0. The maximum atomic E-state index is 9.27. The molecule has 0 bridgehead atoms. The van der Waals surface area contributed by atoms with Crippen molar-refractivity contribution in [3.8, 4) is 0 Å². The van der Waals surface area contributed by atoms with Crippen LogP contribution in [0.4, 0.5) is 0 Å². The fourth-order valence-electron chi connectivity index (χ4n) is 3.72. The Morgan fingerprint density at radius 1 is 1.21 bits per heavy atom. The number of guanidine groups is 1. The van der Waals surface area contributed by atoms with Gasteiger partial charge in [-0.25, -0.2) is 0 Å². The van der Waals surface area contributed by atoms with Gasteiger partial charge in [-0.05, 0) is 57.3 Å². The van der Waals surface area contributed by atoms with Gasteiger partial charge in [0.1, 0.15) is 0 Å². The summed E-state index contributed by atoms with van der Waals surface area (Å²) in [5, 5.41) is 16.3. The highest BCUT2D eigenvalue weighted by Gasteiger charge is 2.31. The van der Waals surface area contributed by atoms with Crippen molar-refractivity contribution in [1.82, 2.24) is 15.5 Å². The molecule has 0 spiro atoms. The summed E-state index contributed by atoms with van der Waals surface area (Å²) in [7, 11) is 0. The number of aliphatic imine (C=N–C) groups is 1. The van der Waals surface area contributed by atoms with Gasteiger partial charge in [0.25, 0.3) is 0 Å². The van der Waals surface area contributed by atoms with E-state index in [4.69, 9.17) is 4.99 Å². The molecule has 1 aliphatic carbocycles. The van der Waals surface area contributed by atoms with Crippen LogP contribution in [0.2, 0.25) is 0 Å². The van der Waals surface area contributed by atoms with Crippen molar-refractivity contribution in [2.75, 3.05) is 32.8 Å². The van der Waals surface area contributed by atoms with Gasteiger partial charge in [-0.3, -0.25) is 4.99 Å². The van der Waals surface area contributed by atoms with Gasteiger partial charge in [0.05, 0.1) is 0 Å². The number of piperidine rings is 1. The molecule has 24 heavy (non-hydrogen) atoms. The summed E-state index contributed by atoms with van der Waals surface area (Å²) in [6, 6.07) is 1.43. The first-order valence-corrected chi connectivity index (χ1v) is 10.0. The van der Waals surface area contributed by atoms with Crippen molar-refractivity contribution in [2.45, 2.75) is 71.4 Å². The third-order valence-electron chi connectivity index (χ3n) is 5.13. The Balaban J connectivity index is 1.80. The summed E-state index contributed by atoms with van der Waals surface area (Å²) in [6.07, 6.45) is 7.22. The van der Waals surface area contributed by atoms with Crippen LogP contribution in [-0.2, 0) is 0 Å². The van der Waals surface area contributed by atoms with Gasteiger partial charge in [0, 0.05) is 44.9 Å². The topological polar surface area (TPSA) is 59.9 Å². The van der Waals surface area contributed by atoms with E-state index < -0.39 is 0 Å². The highest BCUT2D eigenvalue weighted by Crippen LogP contribution is 2.29. The van der Waals surface area contributed by atoms with E-state index >= 15 is 0 Å². The molecular formula is C19H38N4O. The Labute approximate surface area is 148 Å². The molecule has 2 aliphatic rings. The van der Waals surface area contributed by atoms with E-state index in [0.717, 1.165) is 37.9 Å². The summed E-state index contributed by atoms with van der Waals surface area (Å²) in [4.78, 5) is 7.47. The average molecular weight is 339 g/mol. The van der Waals surface area contributed by atoms with Crippen molar-refractivity contribution in [3.63, 3.8) is 0 Å². The quantitative estimate of drug-likeness (QED) is 0.446. The van der Waals surface area contributed by atoms with Gasteiger partial charge < -0.3 is 20.6 Å². The number of hydrogen-bond acceptors (Lipinski definition) is 3. The summed E-state index contributed by atoms with van der Waals surface area (Å²) >= 11 is 0. The van der Waals surface area contributed by atoms with Crippen molar-refractivity contribution >= 4 is 5.96 Å². The first kappa shape index (κ1) is 19.5. The van der Waals surface area contributed by atoms with Crippen LogP contribution in [0.1, 0.15) is 59.3 Å². The minimum Gasteiger partial charge on any atom is -0.396 e. The first-order valence-electron chi connectivity index (χ1n) is 10.0. The molecule has 1 atom stereocenters. The SMILES string of the molecule is CCNC(=NCC(CCO)CC(C)C)NC1CCN(C2CC2)CC1. The van der Waals surface area contributed by atoms with Gasteiger partial charge in [0.15, 0.2) is 5.96 Å². The van der Waals surface area contributed by atoms with E-state index in [0.29, 0.717) is 17.9 Å². The molecule has 1 unspecified atom stereocenters. The normalized spacial score (nSPS) is 22.0. The van der Waals surface area contributed by atoms with Gasteiger partial charge in [-0.2, -0.15) is 0 Å². The van der Waals surface area contributed by atoms with Gasteiger partial charge in [-0.15, -0.1) is 0 Å². The molecule has 1 aliphatic heterocycles. The molecule has 0 amide bonds. The number of rotatable bonds is 9. The maximum absolute atomic E-state index is 9.27. The molecule has 140 valence electrons. The Morgan fingerprint density at radius 3 is 2.46 bits per heavy atom. The monoisotopic (exact) mass is 338 g/mol. The van der Waals surface area contributed by atoms with Crippen molar-refractivity contribution < 1.29 is 5.11 Å². The van der Waals surface area contributed by atoms with Gasteiger partial charge >= 0.3 is 0 Å². The lowest BCUT2D eigenvalue weighted by molar-refractivity contribution is 0.197. The van der Waals surface area contributed by atoms with E-state index in [1.54, 1.807) is 0 Å². The zero-order valence-corrected chi connectivity index (χ0v) is 15.9. The standard InChI is InChI=1S/C19H38N4O/c1-4-20-19(21-14-16(9-12-24)13-15(2)3)22-17-7-10-23(11-8-17)18-5-6-18/h15-18,24H,4-14H2,1-3H3,(H2,20,21,22). The maximum Gasteiger partial charge on any atom is 0.191 e.